The number of ketones is 1. The Morgan fingerprint density at radius 3 is 2.29 bits per heavy atom. The van der Waals surface area contributed by atoms with Gasteiger partial charge in [0.15, 0.2) is 5.78 Å². The summed E-state index contributed by atoms with van der Waals surface area (Å²) in [4.78, 5) is 23.9. The van der Waals surface area contributed by atoms with Crippen LogP contribution in [0, 0.1) is 0 Å². The zero-order valence-corrected chi connectivity index (χ0v) is 14.9. The summed E-state index contributed by atoms with van der Waals surface area (Å²) in [5, 5.41) is -0.0333. The molecule has 146 valence electrons. The van der Waals surface area contributed by atoms with Crippen molar-refractivity contribution in [3.05, 3.63) is 58.4 Å². The molecule has 0 spiro atoms. The van der Waals surface area contributed by atoms with Crippen molar-refractivity contribution >= 4 is 16.8 Å². The number of Topliss-reactive ketones (excluding diaryl/α,β-unsaturated/α-hetero) is 1. The number of alkyl halides is 3. The normalized spacial score (nSPS) is 11.5. The van der Waals surface area contributed by atoms with Crippen LogP contribution in [-0.2, 0) is 11.0 Å². The van der Waals surface area contributed by atoms with Crippen LogP contribution in [-0.4, -0.2) is 19.5 Å². The molecule has 0 bridgehead atoms. The van der Waals surface area contributed by atoms with Gasteiger partial charge < -0.3 is 13.9 Å². The molecule has 0 radical (unpaired) electrons. The molecule has 0 fully saturated rings. The predicted octanol–water partition coefficient (Wildman–Crippen LogP) is 4.46. The summed E-state index contributed by atoms with van der Waals surface area (Å²) in [6.45, 7) is 1.07. The largest absolute Gasteiger partial charge is 0.497 e. The summed E-state index contributed by atoms with van der Waals surface area (Å²) in [6, 6.07) is 9.49. The maximum Gasteiger partial charge on any atom is 0.450 e. The maximum atomic E-state index is 13.6. The topological polar surface area (TPSA) is 65.7 Å². The average Bonchev–Trinajstić information content (AvgIpc) is 2.65. The summed E-state index contributed by atoms with van der Waals surface area (Å²) in [5.74, 6) is -1.10. The fourth-order valence-corrected chi connectivity index (χ4v) is 2.67. The highest BCUT2D eigenvalue weighted by Gasteiger charge is 2.39. The molecule has 3 aromatic rings. The molecule has 0 N–H and O–H groups in total. The van der Waals surface area contributed by atoms with Crippen LogP contribution in [0.15, 0.2) is 51.7 Å². The number of hydrogen-bond donors (Lipinski definition) is 0. The highest BCUT2D eigenvalue weighted by molar-refractivity contribution is 5.84. The molecule has 0 unspecified atom stereocenters. The van der Waals surface area contributed by atoms with Crippen LogP contribution in [0.5, 0.6) is 11.5 Å². The Balaban J connectivity index is 2.22. The van der Waals surface area contributed by atoms with E-state index in [4.69, 9.17) is 13.9 Å². The highest BCUT2D eigenvalue weighted by atomic mass is 19.4. The van der Waals surface area contributed by atoms with E-state index in [0.717, 1.165) is 6.07 Å². The van der Waals surface area contributed by atoms with Gasteiger partial charge in [0.2, 0.25) is 11.2 Å². The number of halogens is 3. The van der Waals surface area contributed by atoms with E-state index in [1.54, 1.807) is 0 Å². The quantitative estimate of drug-likeness (QED) is 0.642. The lowest BCUT2D eigenvalue weighted by Crippen LogP contribution is -2.16. The lowest BCUT2D eigenvalue weighted by Gasteiger charge is -2.13. The zero-order valence-electron chi connectivity index (χ0n) is 14.9. The Kier molecular flexibility index (Phi) is 5.13. The molecule has 1 aromatic heterocycles. The van der Waals surface area contributed by atoms with Crippen LogP contribution in [0.3, 0.4) is 0 Å². The smallest absolute Gasteiger partial charge is 0.450 e. The number of methoxy groups -OCH3 is 1. The second-order valence-electron chi connectivity index (χ2n) is 6.01. The van der Waals surface area contributed by atoms with Gasteiger partial charge in [-0.05, 0) is 36.8 Å². The molecular formula is C20H15F3O5. The van der Waals surface area contributed by atoms with Gasteiger partial charge in [-0.3, -0.25) is 9.59 Å². The second kappa shape index (κ2) is 7.38. The minimum absolute atomic E-state index is 0.0333. The lowest BCUT2D eigenvalue weighted by atomic mass is 10.0. The van der Waals surface area contributed by atoms with E-state index in [1.807, 2.05) is 0 Å². The van der Waals surface area contributed by atoms with E-state index >= 15 is 0 Å². The van der Waals surface area contributed by atoms with Crippen LogP contribution in [0.4, 0.5) is 13.2 Å². The van der Waals surface area contributed by atoms with E-state index in [2.05, 4.69) is 0 Å². The van der Waals surface area contributed by atoms with Gasteiger partial charge in [0.25, 0.3) is 0 Å². The molecule has 0 aliphatic heterocycles. The number of benzene rings is 2. The van der Waals surface area contributed by atoms with Crippen LogP contribution in [0.2, 0.25) is 0 Å². The molecule has 28 heavy (non-hydrogen) atoms. The highest BCUT2D eigenvalue weighted by Crippen LogP contribution is 2.38. The third kappa shape index (κ3) is 3.85. The fourth-order valence-electron chi connectivity index (χ4n) is 2.67. The molecule has 0 saturated carbocycles. The molecular weight excluding hydrogens is 377 g/mol. The third-order valence-electron chi connectivity index (χ3n) is 3.94. The van der Waals surface area contributed by atoms with Crippen LogP contribution in [0.25, 0.3) is 22.1 Å². The Bertz CT molecular complexity index is 1080. The molecule has 0 aliphatic rings. The van der Waals surface area contributed by atoms with Crippen LogP contribution >= 0.6 is 0 Å². The molecule has 1 heterocycles. The Labute approximate surface area is 157 Å². The van der Waals surface area contributed by atoms with Crippen molar-refractivity contribution in [2.45, 2.75) is 13.1 Å². The Morgan fingerprint density at radius 2 is 1.71 bits per heavy atom. The summed E-state index contributed by atoms with van der Waals surface area (Å²) in [6.07, 6.45) is -4.89. The first-order valence-corrected chi connectivity index (χ1v) is 8.15. The maximum absolute atomic E-state index is 13.6. The number of carbonyl (C=O) groups is 1. The van der Waals surface area contributed by atoms with Gasteiger partial charge in [0.1, 0.15) is 23.7 Å². The van der Waals surface area contributed by atoms with Crippen LogP contribution < -0.4 is 14.9 Å². The van der Waals surface area contributed by atoms with Gasteiger partial charge in [0.05, 0.1) is 18.1 Å². The average molecular weight is 392 g/mol. The second-order valence-corrected chi connectivity index (χ2v) is 6.01. The van der Waals surface area contributed by atoms with E-state index < -0.39 is 22.9 Å². The van der Waals surface area contributed by atoms with E-state index in [1.165, 1.54) is 50.4 Å². The standard InChI is InChI=1S/C20H15F3O5/c1-11(24)10-27-14-7-8-15-16(9-14)28-19(20(21,22)23)17(18(15)25)12-3-5-13(26-2)6-4-12/h3-9H,10H2,1-2H3. The number of rotatable bonds is 5. The van der Waals surface area contributed by atoms with Crippen molar-refractivity contribution in [2.75, 3.05) is 13.7 Å². The van der Waals surface area contributed by atoms with Crippen molar-refractivity contribution in [1.82, 2.24) is 0 Å². The Morgan fingerprint density at radius 1 is 1.07 bits per heavy atom. The molecule has 0 amide bonds. The predicted molar refractivity (Wildman–Crippen MR) is 95.7 cm³/mol. The number of ether oxygens (including phenoxy) is 2. The number of carbonyl (C=O) groups excluding carboxylic acids is 1. The van der Waals surface area contributed by atoms with Crippen molar-refractivity contribution in [2.24, 2.45) is 0 Å². The zero-order chi connectivity index (χ0) is 20.5. The van der Waals surface area contributed by atoms with Gasteiger partial charge in [-0.1, -0.05) is 12.1 Å². The first-order chi connectivity index (χ1) is 13.2. The lowest BCUT2D eigenvalue weighted by molar-refractivity contribution is -0.152. The summed E-state index contributed by atoms with van der Waals surface area (Å²) in [5.41, 5.74) is -1.63. The first-order valence-electron chi connectivity index (χ1n) is 8.15. The molecule has 5 nitrogen and oxygen atoms in total. The third-order valence-corrected chi connectivity index (χ3v) is 3.94. The van der Waals surface area contributed by atoms with Gasteiger partial charge >= 0.3 is 6.18 Å². The van der Waals surface area contributed by atoms with Crippen molar-refractivity contribution in [3.8, 4) is 22.6 Å². The van der Waals surface area contributed by atoms with E-state index in [0.29, 0.717) is 5.75 Å². The summed E-state index contributed by atoms with van der Waals surface area (Å²) >= 11 is 0. The van der Waals surface area contributed by atoms with Crippen molar-refractivity contribution in [3.63, 3.8) is 0 Å². The van der Waals surface area contributed by atoms with E-state index in [9.17, 15) is 22.8 Å². The van der Waals surface area contributed by atoms with Crippen molar-refractivity contribution < 1.29 is 31.9 Å². The minimum atomic E-state index is -4.89. The van der Waals surface area contributed by atoms with Gasteiger partial charge in [-0.25, -0.2) is 0 Å². The minimum Gasteiger partial charge on any atom is -0.497 e. The first kappa shape index (κ1) is 19.5. The molecule has 3 rings (SSSR count). The van der Waals surface area contributed by atoms with Crippen LogP contribution in [0.1, 0.15) is 12.7 Å². The van der Waals surface area contributed by atoms with Crippen molar-refractivity contribution in [1.29, 1.82) is 0 Å². The molecule has 0 saturated heterocycles. The molecule has 2 aromatic carbocycles. The summed E-state index contributed by atoms with van der Waals surface area (Å²) in [7, 11) is 1.42. The van der Waals surface area contributed by atoms with E-state index in [-0.39, 0.29) is 34.7 Å². The molecule has 8 heteroatoms. The summed E-state index contributed by atoms with van der Waals surface area (Å²) < 4.78 is 56.1. The monoisotopic (exact) mass is 392 g/mol. The van der Waals surface area contributed by atoms with Gasteiger partial charge in [0, 0.05) is 6.07 Å². The molecule has 0 atom stereocenters. The van der Waals surface area contributed by atoms with Gasteiger partial charge in [-0.15, -0.1) is 0 Å². The van der Waals surface area contributed by atoms with Gasteiger partial charge in [-0.2, -0.15) is 13.2 Å². The Hall–Kier alpha value is -3.29. The fraction of sp³-hybridized carbons (Fsp3) is 0.200. The SMILES string of the molecule is COc1ccc(-c2c(C(F)(F)F)oc3cc(OCC(C)=O)ccc3c2=O)cc1. The molecule has 0 aliphatic carbocycles. The number of fused-ring (bicyclic) bond motifs is 1. The number of hydrogen-bond acceptors (Lipinski definition) is 5.